The van der Waals surface area contributed by atoms with Crippen LogP contribution in [0, 0.1) is 0 Å². The van der Waals surface area contributed by atoms with Gasteiger partial charge in [-0.3, -0.25) is 4.90 Å². The Hall–Kier alpha value is -0.770. The predicted molar refractivity (Wildman–Crippen MR) is 81.0 cm³/mol. The molecule has 1 aliphatic heterocycles. The zero-order valence-electron chi connectivity index (χ0n) is 12.1. The number of halogens is 1. The molecule has 1 aliphatic rings. The molecule has 3 nitrogen and oxygen atoms in total. The van der Waals surface area contributed by atoms with E-state index in [0.29, 0.717) is 12.1 Å². The Balaban J connectivity index is 2.23. The lowest BCUT2D eigenvalue weighted by Crippen LogP contribution is -2.55. The number of aliphatic hydroxyl groups excluding tert-OH is 1. The fraction of sp³-hybridized carbons (Fsp3) is 0.600. The summed E-state index contributed by atoms with van der Waals surface area (Å²) in [6.07, 6.45) is -0.475. The van der Waals surface area contributed by atoms with E-state index in [1.165, 1.54) is 0 Å². The third-order valence-corrected chi connectivity index (χ3v) is 4.46. The lowest BCUT2D eigenvalue weighted by Gasteiger charge is -2.43. The van der Waals surface area contributed by atoms with E-state index < -0.39 is 6.10 Å². The topological polar surface area (TPSA) is 26.7 Å². The van der Waals surface area contributed by atoms with Crippen LogP contribution in [0.25, 0.3) is 0 Å². The molecule has 1 N–H and O–H groups in total. The molecule has 1 aromatic carbocycles. The Morgan fingerprint density at radius 2 is 1.84 bits per heavy atom. The van der Waals surface area contributed by atoms with Gasteiger partial charge >= 0.3 is 0 Å². The first-order valence-electron chi connectivity index (χ1n) is 6.84. The second-order valence-electron chi connectivity index (χ2n) is 5.66. The summed E-state index contributed by atoms with van der Waals surface area (Å²) in [6, 6.07) is 6.87. The van der Waals surface area contributed by atoms with Crippen LogP contribution in [-0.2, 0) is 0 Å². The van der Waals surface area contributed by atoms with Crippen LogP contribution in [0.4, 0.5) is 5.69 Å². The van der Waals surface area contributed by atoms with Crippen LogP contribution >= 0.6 is 11.6 Å². The van der Waals surface area contributed by atoms with E-state index in [1.807, 2.05) is 18.2 Å². The van der Waals surface area contributed by atoms with Gasteiger partial charge in [-0.2, -0.15) is 0 Å². The molecule has 0 bridgehead atoms. The molecule has 0 aliphatic carbocycles. The van der Waals surface area contributed by atoms with Gasteiger partial charge < -0.3 is 10.0 Å². The molecule has 1 aromatic rings. The summed E-state index contributed by atoms with van der Waals surface area (Å²) in [6.45, 7) is 8.19. The molecule has 1 saturated heterocycles. The van der Waals surface area contributed by atoms with Crippen LogP contribution in [0.2, 0.25) is 5.02 Å². The first kappa shape index (κ1) is 14.6. The average molecular weight is 283 g/mol. The summed E-state index contributed by atoms with van der Waals surface area (Å²) in [7, 11) is 2.17. The van der Waals surface area contributed by atoms with Crippen molar-refractivity contribution in [3.8, 4) is 0 Å². The Morgan fingerprint density at radius 1 is 1.26 bits per heavy atom. The Labute approximate surface area is 120 Å². The first-order valence-corrected chi connectivity index (χ1v) is 7.22. The summed E-state index contributed by atoms with van der Waals surface area (Å²) in [5.74, 6) is 0. The highest BCUT2D eigenvalue weighted by atomic mass is 35.5. The Kier molecular flexibility index (Phi) is 4.39. The predicted octanol–water partition coefficient (Wildman–Crippen LogP) is 2.92. The van der Waals surface area contributed by atoms with E-state index in [2.05, 4.69) is 30.7 Å². The van der Waals surface area contributed by atoms with Gasteiger partial charge in [-0.25, -0.2) is 0 Å². The van der Waals surface area contributed by atoms with Crippen molar-refractivity contribution in [2.75, 3.05) is 25.0 Å². The molecule has 0 aromatic heterocycles. The molecule has 0 amide bonds. The minimum absolute atomic E-state index is 0.475. The Morgan fingerprint density at radius 3 is 2.32 bits per heavy atom. The third kappa shape index (κ3) is 3.04. The van der Waals surface area contributed by atoms with Gasteiger partial charge in [0.2, 0.25) is 0 Å². The van der Waals surface area contributed by atoms with Crippen molar-refractivity contribution in [2.45, 2.75) is 39.0 Å². The fourth-order valence-electron chi connectivity index (χ4n) is 2.64. The van der Waals surface area contributed by atoms with Crippen LogP contribution in [0.3, 0.4) is 0 Å². The van der Waals surface area contributed by atoms with E-state index in [4.69, 9.17) is 11.6 Å². The molecule has 0 spiro atoms. The van der Waals surface area contributed by atoms with Gasteiger partial charge in [0.25, 0.3) is 0 Å². The van der Waals surface area contributed by atoms with Gasteiger partial charge in [-0.15, -0.1) is 0 Å². The minimum atomic E-state index is -0.475. The standard InChI is InChI=1S/C15H23ClN2O/c1-10-8-18(9-11(2)17(10)4)15-6-5-13(12(3)19)7-14(15)16/h5-7,10-12,19H,8-9H2,1-4H3. The molecular weight excluding hydrogens is 260 g/mol. The highest BCUT2D eigenvalue weighted by molar-refractivity contribution is 6.33. The van der Waals surface area contributed by atoms with E-state index >= 15 is 0 Å². The zero-order chi connectivity index (χ0) is 14.2. The minimum Gasteiger partial charge on any atom is -0.389 e. The quantitative estimate of drug-likeness (QED) is 0.903. The van der Waals surface area contributed by atoms with Gasteiger partial charge in [-0.1, -0.05) is 17.7 Å². The van der Waals surface area contributed by atoms with Crippen LogP contribution < -0.4 is 4.90 Å². The van der Waals surface area contributed by atoms with Gasteiger partial charge in [0.15, 0.2) is 0 Å². The Bertz CT molecular complexity index is 438. The molecule has 19 heavy (non-hydrogen) atoms. The number of hydrogen-bond acceptors (Lipinski definition) is 3. The fourth-order valence-corrected chi connectivity index (χ4v) is 2.95. The smallest absolute Gasteiger partial charge is 0.0762 e. The van der Waals surface area contributed by atoms with Gasteiger partial charge in [-0.05, 0) is 45.5 Å². The molecule has 1 fully saturated rings. The van der Waals surface area contributed by atoms with Crippen molar-refractivity contribution in [1.82, 2.24) is 4.90 Å². The van der Waals surface area contributed by atoms with Crippen LogP contribution in [0.15, 0.2) is 18.2 Å². The highest BCUT2D eigenvalue weighted by Crippen LogP contribution is 2.31. The summed E-state index contributed by atoms with van der Waals surface area (Å²) in [4.78, 5) is 4.73. The van der Waals surface area contributed by atoms with Crippen molar-refractivity contribution in [3.63, 3.8) is 0 Å². The van der Waals surface area contributed by atoms with Crippen molar-refractivity contribution in [2.24, 2.45) is 0 Å². The molecule has 106 valence electrons. The SMILES string of the molecule is CC(O)c1ccc(N2CC(C)N(C)C(C)C2)c(Cl)c1. The number of benzene rings is 1. The van der Waals surface area contributed by atoms with Crippen molar-refractivity contribution in [3.05, 3.63) is 28.8 Å². The first-order chi connectivity index (χ1) is 8.90. The van der Waals surface area contributed by atoms with E-state index in [-0.39, 0.29) is 0 Å². The van der Waals surface area contributed by atoms with E-state index in [1.54, 1.807) is 6.92 Å². The number of aliphatic hydroxyl groups is 1. The maximum atomic E-state index is 9.59. The molecule has 1 heterocycles. The van der Waals surface area contributed by atoms with Gasteiger partial charge in [0.1, 0.15) is 0 Å². The molecule has 3 atom stereocenters. The third-order valence-electron chi connectivity index (χ3n) is 4.15. The zero-order valence-corrected chi connectivity index (χ0v) is 12.9. The van der Waals surface area contributed by atoms with E-state index in [0.717, 1.165) is 29.4 Å². The maximum Gasteiger partial charge on any atom is 0.0762 e. The molecule has 0 radical (unpaired) electrons. The second-order valence-corrected chi connectivity index (χ2v) is 6.06. The molecular formula is C15H23ClN2O. The van der Waals surface area contributed by atoms with Crippen molar-refractivity contribution < 1.29 is 5.11 Å². The summed E-state index contributed by atoms with van der Waals surface area (Å²) in [5.41, 5.74) is 1.93. The summed E-state index contributed by atoms with van der Waals surface area (Å²) < 4.78 is 0. The normalized spacial score (nSPS) is 26.5. The largest absolute Gasteiger partial charge is 0.389 e. The highest BCUT2D eigenvalue weighted by Gasteiger charge is 2.27. The van der Waals surface area contributed by atoms with Gasteiger partial charge in [0, 0.05) is 25.2 Å². The van der Waals surface area contributed by atoms with Crippen LogP contribution in [0.1, 0.15) is 32.4 Å². The van der Waals surface area contributed by atoms with Gasteiger partial charge in [0.05, 0.1) is 16.8 Å². The van der Waals surface area contributed by atoms with Crippen LogP contribution in [0.5, 0.6) is 0 Å². The molecule has 4 heteroatoms. The lowest BCUT2D eigenvalue weighted by molar-refractivity contribution is 0.170. The molecule has 3 unspecified atom stereocenters. The summed E-state index contributed by atoms with van der Waals surface area (Å²) >= 11 is 6.37. The number of rotatable bonds is 2. The summed E-state index contributed by atoms with van der Waals surface area (Å²) in [5, 5.41) is 10.3. The number of hydrogen-bond donors (Lipinski definition) is 1. The monoisotopic (exact) mass is 282 g/mol. The number of likely N-dealkylation sites (N-methyl/N-ethyl adjacent to an activating group) is 1. The number of piperazine rings is 1. The maximum absolute atomic E-state index is 9.59. The molecule has 2 rings (SSSR count). The van der Waals surface area contributed by atoms with Crippen LogP contribution in [-0.4, -0.2) is 42.2 Å². The second kappa shape index (κ2) is 5.70. The number of nitrogens with zero attached hydrogens (tertiary/aromatic N) is 2. The molecule has 0 saturated carbocycles. The number of anilines is 1. The van der Waals surface area contributed by atoms with Crippen molar-refractivity contribution >= 4 is 17.3 Å². The lowest BCUT2D eigenvalue weighted by atomic mass is 10.1. The van der Waals surface area contributed by atoms with Crippen molar-refractivity contribution in [1.29, 1.82) is 0 Å². The van der Waals surface area contributed by atoms with E-state index in [9.17, 15) is 5.11 Å². The average Bonchev–Trinajstić information content (AvgIpc) is 2.35.